The Morgan fingerprint density at radius 1 is 0.824 bits per heavy atom. The zero-order valence-corrected chi connectivity index (χ0v) is 21.4. The third-order valence-electron chi connectivity index (χ3n) is 5.33. The number of amides is 1. The summed E-state index contributed by atoms with van der Waals surface area (Å²) >= 11 is 0. The first-order valence-electron chi connectivity index (χ1n) is 11.0. The smallest absolute Gasteiger partial charge is 0.303 e. The van der Waals surface area contributed by atoms with Crippen molar-refractivity contribution >= 4 is 29.6 Å². The van der Waals surface area contributed by atoms with Crippen LogP contribution in [0, 0.1) is 5.41 Å². The number of rotatable bonds is 10. The molecule has 0 aromatic rings. The van der Waals surface area contributed by atoms with Gasteiger partial charge in [-0.15, -0.1) is 0 Å². The van der Waals surface area contributed by atoms with Gasteiger partial charge in [0.05, 0.1) is 5.60 Å². The van der Waals surface area contributed by atoms with Crippen LogP contribution in [0.25, 0.3) is 0 Å². The molecular weight excluding hydrogens is 450 g/mol. The van der Waals surface area contributed by atoms with Crippen LogP contribution in [0.5, 0.6) is 0 Å². The average Bonchev–Trinajstić information content (AvgIpc) is 2.62. The molecule has 0 saturated carbocycles. The Balaban J connectivity index is 3.43. The number of hydrogen-bond acceptors (Lipinski definition) is 10. The fourth-order valence-corrected chi connectivity index (χ4v) is 3.94. The molecule has 1 aliphatic rings. The van der Waals surface area contributed by atoms with Crippen LogP contribution in [0.1, 0.15) is 68.7 Å². The Labute approximate surface area is 200 Å². The summed E-state index contributed by atoms with van der Waals surface area (Å²) in [4.78, 5) is 59.2. The molecule has 194 valence electrons. The maximum atomic E-state index is 12.1. The fraction of sp³-hybridized carbons (Fsp3) is 0.783. The van der Waals surface area contributed by atoms with Crippen LogP contribution >= 0.6 is 0 Å². The van der Waals surface area contributed by atoms with E-state index in [0.29, 0.717) is 6.42 Å². The van der Waals surface area contributed by atoms with Gasteiger partial charge in [0.15, 0.2) is 18.5 Å². The van der Waals surface area contributed by atoms with Gasteiger partial charge in [-0.3, -0.25) is 24.0 Å². The van der Waals surface area contributed by atoms with Crippen molar-refractivity contribution in [2.45, 2.75) is 105 Å². The van der Waals surface area contributed by atoms with E-state index in [2.05, 4.69) is 5.32 Å². The van der Waals surface area contributed by atoms with Gasteiger partial charge in [0.2, 0.25) is 5.91 Å². The second-order valence-corrected chi connectivity index (χ2v) is 9.71. The van der Waals surface area contributed by atoms with Crippen molar-refractivity contribution in [1.82, 2.24) is 5.32 Å². The molecule has 1 saturated heterocycles. The molecular formula is C23H37NO10. The Kier molecular flexibility index (Phi) is 10.2. The number of Topliss-reactive ketones (excluding diaryl/α,β-unsaturated/α-hetero) is 1. The molecule has 11 nitrogen and oxygen atoms in total. The second-order valence-electron chi connectivity index (χ2n) is 9.71. The first kappa shape index (κ1) is 29.5. The molecule has 1 fully saturated rings. The Hall–Kier alpha value is -2.53. The van der Waals surface area contributed by atoms with Crippen LogP contribution in [0.4, 0.5) is 0 Å². The molecule has 0 spiro atoms. The summed E-state index contributed by atoms with van der Waals surface area (Å²) in [5.74, 6) is -2.49. The van der Waals surface area contributed by atoms with E-state index in [4.69, 9.17) is 23.7 Å². The lowest BCUT2D eigenvalue weighted by Crippen LogP contribution is -2.67. The summed E-state index contributed by atoms with van der Waals surface area (Å²) in [7, 11) is 0. The highest BCUT2D eigenvalue weighted by Gasteiger charge is 2.52. The maximum Gasteiger partial charge on any atom is 0.303 e. The molecule has 1 rings (SSSR count). The first-order chi connectivity index (χ1) is 15.4. The average molecular weight is 488 g/mol. The Morgan fingerprint density at radius 2 is 1.35 bits per heavy atom. The third-order valence-corrected chi connectivity index (χ3v) is 5.33. The fourth-order valence-electron chi connectivity index (χ4n) is 3.94. The van der Waals surface area contributed by atoms with Gasteiger partial charge in [0.25, 0.3) is 0 Å². The molecule has 1 aliphatic heterocycles. The van der Waals surface area contributed by atoms with Crippen molar-refractivity contribution in [2.24, 2.45) is 5.41 Å². The number of carbonyl (C=O) groups is 5. The summed E-state index contributed by atoms with van der Waals surface area (Å²) in [6.07, 6.45) is -4.36. The third kappa shape index (κ3) is 9.02. The van der Waals surface area contributed by atoms with Gasteiger partial charge in [0.1, 0.15) is 24.5 Å². The van der Waals surface area contributed by atoms with Gasteiger partial charge < -0.3 is 29.0 Å². The van der Waals surface area contributed by atoms with Gasteiger partial charge >= 0.3 is 17.9 Å². The molecule has 0 bridgehead atoms. The summed E-state index contributed by atoms with van der Waals surface area (Å²) in [6.45, 7) is 13.0. The van der Waals surface area contributed by atoms with Crippen LogP contribution in [-0.4, -0.2) is 72.5 Å². The van der Waals surface area contributed by atoms with E-state index in [1.54, 1.807) is 27.7 Å². The molecule has 0 aromatic heterocycles. The van der Waals surface area contributed by atoms with E-state index >= 15 is 0 Å². The summed E-state index contributed by atoms with van der Waals surface area (Å²) in [5.41, 5.74) is -1.65. The Bertz CT molecular complexity index is 791. The van der Waals surface area contributed by atoms with Crippen LogP contribution in [0.3, 0.4) is 0 Å². The Morgan fingerprint density at radius 3 is 1.79 bits per heavy atom. The molecule has 11 heteroatoms. The highest BCUT2D eigenvalue weighted by atomic mass is 16.7. The number of nitrogens with one attached hydrogen (secondary N) is 1. The molecule has 0 unspecified atom stereocenters. The minimum Gasteiger partial charge on any atom is -0.463 e. The van der Waals surface area contributed by atoms with Gasteiger partial charge in [-0.2, -0.15) is 0 Å². The van der Waals surface area contributed by atoms with Crippen molar-refractivity contribution in [1.29, 1.82) is 0 Å². The predicted molar refractivity (Wildman–Crippen MR) is 118 cm³/mol. The van der Waals surface area contributed by atoms with Crippen molar-refractivity contribution in [3.8, 4) is 0 Å². The first-order valence-corrected chi connectivity index (χ1v) is 11.0. The van der Waals surface area contributed by atoms with Crippen molar-refractivity contribution in [3.05, 3.63) is 0 Å². The standard InChI is InChI=1S/C23H37NO10/c1-12(25)22(6,7)11-23(8,9)34-21-18(24-13(2)26)20(32-16(5)29)19(31-15(4)28)17(33-21)10-30-14(3)27/h17-21H,10-11H2,1-9H3,(H,24,26)/t17-,18-,19+,20-,21+/m1/s1. The molecule has 1 N–H and O–H groups in total. The maximum absolute atomic E-state index is 12.1. The summed E-state index contributed by atoms with van der Waals surface area (Å²) in [6, 6.07) is -1.07. The number of esters is 3. The van der Waals surface area contributed by atoms with E-state index in [-0.39, 0.29) is 12.4 Å². The lowest BCUT2D eigenvalue weighted by atomic mass is 9.79. The largest absolute Gasteiger partial charge is 0.463 e. The minimum absolute atomic E-state index is 0.0346. The zero-order chi connectivity index (χ0) is 26.4. The topological polar surface area (TPSA) is 144 Å². The highest BCUT2D eigenvalue weighted by Crippen LogP contribution is 2.35. The van der Waals surface area contributed by atoms with E-state index in [0.717, 1.165) is 6.92 Å². The number of ether oxygens (including phenoxy) is 5. The van der Waals surface area contributed by atoms with Gasteiger partial charge in [-0.05, 0) is 27.2 Å². The summed E-state index contributed by atoms with van der Waals surface area (Å²) in [5, 5.41) is 2.65. The predicted octanol–water partition coefficient (Wildman–Crippen LogP) is 1.44. The molecule has 34 heavy (non-hydrogen) atoms. The van der Waals surface area contributed by atoms with Crippen molar-refractivity contribution < 1.29 is 47.7 Å². The molecule has 0 aliphatic carbocycles. The normalized spacial score (nSPS) is 25.1. The van der Waals surface area contributed by atoms with Gasteiger partial charge in [0, 0.05) is 33.1 Å². The molecule has 1 heterocycles. The van der Waals surface area contributed by atoms with Gasteiger partial charge in [-0.25, -0.2) is 0 Å². The quantitative estimate of drug-likeness (QED) is 0.355. The lowest BCUT2D eigenvalue weighted by molar-refractivity contribution is -0.302. The zero-order valence-electron chi connectivity index (χ0n) is 21.4. The highest BCUT2D eigenvalue weighted by molar-refractivity contribution is 5.81. The number of hydrogen-bond donors (Lipinski definition) is 1. The van der Waals surface area contributed by atoms with Crippen molar-refractivity contribution in [3.63, 3.8) is 0 Å². The lowest BCUT2D eigenvalue weighted by Gasteiger charge is -2.47. The monoisotopic (exact) mass is 487 g/mol. The molecule has 0 aromatic carbocycles. The van der Waals surface area contributed by atoms with E-state index in [1.165, 1.54) is 27.7 Å². The van der Waals surface area contributed by atoms with Crippen molar-refractivity contribution in [2.75, 3.05) is 6.61 Å². The van der Waals surface area contributed by atoms with Gasteiger partial charge in [-0.1, -0.05) is 13.8 Å². The van der Waals surface area contributed by atoms with E-state index < -0.39 is 65.5 Å². The number of carbonyl (C=O) groups excluding carboxylic acids is 5. The summed E-state index contributed by atoms with van der Waals surface area (Å²) < 4.78 is 28.1. The minimum atomic E-state index is -1.21. The van der Waals surface area contributed by atoms with E-state index in [1.807, 2.05) is 0 Å². The second kappa shape index (κ2) is 11.7. The van der Waals surface area contributed by atoms with Crippen LogP contribution in [0.2, 0.25) is 0 Å². The van der Waals surface area contributed by atoms with Crippen LogP contribution < -0.4 is 5.32 Å². The molecule has 0 radical (unpaired) electrons. The SMILES string of the molecule is CC(=O)N[C@H]1[C@H](OC(C)(C)CC(C)(C)C(C)=O)O[C@H](COC(C)=O)[C@H](OC(C)=O)[C@@H]1OC(C)=O. The van der Waals surface area contributed by atoms with E-state index in [9.17, 15) is 24.0 Å². The van der Waals surface area contributed by atoms with Crippen LogP contribution in [0.15, 0.2) is 0 Å². The molecule has 1 amide bonds. The number of ketones is 1. The molecule has 5 atom stereocenters. The van der Waals surface area contributed by atoms with Crippen LogP contribution in [-0.2, 0) is 47.7 Å².